The molecule has 7 rings (SSSR count). The van der Waals surface area contributed by atoms with E-state index in [2.05, 4.69) is 4.57 Å². The zero-order valence-electron chi connectivity index (χ0n) is 18.8. The maximum atomic E-state index is 13.8. The molecule has 0 saturated heterocycles. The van der Waals surface area contributed by atoms with E-state index in [4.69, 9.17) is 0 Å². The van der Waals surface area contributed by atoms with Crippen molar-refractivity contribution in [2.75, 3.05) is 0 Å². The highest BCUT2D eigenvalue weighted by atomic mass is 19.4. The molecular weight excluding hydrogens is 476 g/mol. The van der Waals surface area contributed by atoms with Crippen LogP contribution in [0.1, 0.15) is 57.5 Å². The van der Waals surface area contributed by atoms with Crippen molar-refractivity contribution in [3.8, 4) is 0 Å². The third-order valence-corrected chi connectivity index (χ3v) is 7.64. The van der Waals surface area contributed by atoms with Crippen LogP contribution in [0.4, 0.5) is 26.3 Å². The van der Waals surface area contributed by atoms with Crippen molar-refractivity contribution in [3.05, 3.63) is 136 Å². The molecule has 0 spiro atoms. The highest BCUT2D eigenvalue weighted by Gasteiger charge is 2.59. The topological polar surface area (TPSA) is 3.88 Å². The van der Waals surface area contributed by atoms with Crippen molar-refractivity contribution in [3.63, 3.8) is 0 Å². The van der Waals surface area contributed by atoms with E-state index in [1.165, 1.54) is 12.1 Å². The molecule has 1 nitrogen and oxygen atoms in total. The molecule has 2 aliphatic heterocycles. The lowest BCUT2D eigenvalue weighted by Crippen LogP contribution is -2.60. The highest BCUT2D eigenvalue weighted by molar-refractivity contribution is 5.56. The quantitative estimate of drug-likeness (QED) is 0.201. The number of aromatic nitrogens is 1. The smallest absolute Gasteiger partial charge is 0.195 e. The predicted molar refractivity (Wildman–Crippen MR) is 121 cm³/mol. The second-order valence-corrected chi connectivity index (χ2v) is 9.44. The van der Waals surface area contributed by atoms with Gasteiger partial charge in [-0.2, -0.15) is 30.9 Å². The van der Waals surface area contributed by atoms with Crippen LogP contribution in [-0.4, -0.2) is 0 Å². The van der Waals surface area contributed by atoms with Crippen LogP contribution in [0.3, 0.4) is 0 Å². The Balaban J connectivity index is 1.70. The first-order valence-electron chi connectivity index (χ1n) is 11.5. The first-order valence-corrected chi connectivity index (χ1v) is 11.5. The normalized spacial score (nSPS) is 20.1. The van der Waals surface area contributed by atoms with Crippen LogP contribution in [0.2, 0.25) is 0 Å². The SMILES string of the molecule is FC(F)(F)c1cccc(C2(c3cccc(C(F)(F)F)c3)CC3c4ccccc4C2c2cccc[n+]23)c1. The van der Waals surface area contributed by atoms with Crippen molar-refractivity contribution in [1.82, 2.24) is 0 Å². The molecule has 0 radical (unpaired) electrons. The Hall–Kier alpha value is -3.61. The molecule has 3 heterocycles. The summed E-state index contributed by atoms with van der Waals surface area (Å²) in [6.07, 6.45) is -6.89. The van der Waals surface area contributed by atoms with Gasteiger partial charge in [-0.1, -0.05) is 66.7 Å². The average molecular weight is 496 g/mol. The Bertz CT molecular complexity index is 1360. The molecule has 1 aromatic heterocycles. The minimum absolute atomic E-state index is 0.244. The number of pyridine rings is 1. The maximum Gasteiger partial charge on any atom is 0.416 e. The lowest BCUT2D eigenvalue weighted by atomic mass is 9.53. The maximum absolute atomic E-state index is 13.8. The minimum Gasteiger partial charge on any atom is -0.195 e. The molecule has 2 unspecified atom stereocenters. The summed E-state index contributed by atoms with van der Waals surface area (Å²) >= 11 is 0. The van der Waals surface area contributed by atoms with Crippen LogP contribution in [-0.2, 0) is 17.8 Å². The van der Waals surface area contributed by atoms with Crippen LogP contribution < -0.4 is 4.57 Å². The van der Waals surface area contributed by atoms with Gasteiger partial charge in [-0.25, -0.2) is 0 Å². The summed E-state index contributed by atoms with van der Waals surface area (Å²) in [5, 5.41) is 0. The number of fused-ring (bicyclic) bond motifs is 1. The molecular formula is C29H20F6N+. The average Bonchev–Trinajstić information content (AvgIpc) is 2.88. The van der Waals surface area contributed by atoms with E-state index in [0.29, 0.717) is 17.5 Å². The fraction of sp³-hybridized carbons (Fsp3) is 0.207. The summed E-state index contributed by atoms with van der Waals surface area (Å²) < 4.78 is 84.9. The third-order valence-electron chi connectivity index (χ3n) is 7.64. The van der Waals surface area contributed by atoms with Crippen LogP contribution in [0.25, 0.3) is 0 Å². The number of benzene rings is 3. The van der Waals surface area contributed by atoms with Crippen LogP contribution in [0.5, 0.6) is 0 Å². The standard InChI is InChI=1S/C29H20F6N/c30-28(31,32)20-9-5-7-18(15-20)27(19-8-6-10-21(16-19)29(33,34)35)17-25-22-11-1-2-12-23(22)26(27)24-13-3-4-14-36(24)25/h1-16,25-26H,17H2/q+1. The van der Waals surface area contributed by atoms with Gasteiger partial charge in [-0.05, 0) is 28.8 Å². The number of nitrogens with zero attached hydrogens (tertiary/aromatic N) is 1. The van der Waals surface area contributed by atoms with E-state index in [-0.39, 0.29) is 6.04 Å². The fourth-order valence-corrected chi connectivity index (χ4v) is 6.22. The van der Waals surface area contributed by atoms with Gasteiger partial charge in [0.1, 0.15) is 0 Å². The van der Waals surface area contributed by atoms with Gasteiger partial charge in [0.2, 0.25) is 0 Å². The molecule has 0 N–H and O–H groups in total. The summed E-state index contributed by atoms with van der Waals surface area (Å²) in [7, 11) is 0. The molecule has 2 atom stereocenters. The zero-order valence-corrected chi connectivity index (χ0v) is 18.8. The number of alkyl halides is 6. The molecule has 0 fully saturated rings. The van der Waals surface area contributed by atoms with Gasteiger partial charge in [-0.15, -0.1) is 0 Å². The first-order chi connectivity index (χ1) is 17.1. The van der Waals surface area contributed by atoms with Gasteiger partial charge in [0, 0.05) is 29.5 Å². The minimum atomic E-state index is -4.58. The molecule has 1 aliphatic carbocycles. The Kier molecular flexibility index (Phi) is 4.88. The van der Waals surface area contributed by atoms with E-state index in [9.17, 15) is 26.3 Å². The van der Waals surface area contributed by atoms with Gasteiger partial charge in [0.25, 0.3) is 0 Å². The third kappa shape index (κ3) is 3.29. The summed E-state index contributed by atoms with van der Waals surface area (Å²) in [6, 6.07) is 23.3. The van der Waals surface area contributed by atoms with E-state index >= 15 is 0 Å². The molecule has 0 saturated carbocycles. The zero-order chi connectivity index (χ0) is 25.3. The van der Waals surface area contributed by atoms with Crippen molar-refractivity contribution in [1.29, 1.82) is 0 Å². The molecule has 7 heteroatoms. The number of hydrogen-bond donors (Lipinski definition) is 0. The number of rotatable bonds is 2. The monoisotopic (exact) mass is 496 g/mol. The lowest BCUT2D eigenvalue weighted by Gasteiger charge is -2.50. The first kappa shape index (κ1) is 22.8. The summed E-state index contributed by atoms with van der Waals surface area (Å²) in [6.45, 7) is 0. The van der Waals surface area contributed by atoms with E-state index in [1.807, 2.05) is 48.7 Å². The Labute approximate surface area is 203 Å². The van der Waals surface area contributed by atoms with Gasteiger partial charge in [0.05, 0.1) is 17.0 Å². The Morgan fingerprint density at radius 1 is 0.639 bits per heavy atom. The molecule has 4 aromatic rings. The van der Waals surface area contributed by atoms with Crippen molar-refractivity contribution < 1.29 is 30.9 Å². The molecule has 182 valence electrons. The summed E-state index contributed by atoms with van der Waals surface area (Å²) in [4.78, 5) is 0. The van der Waals surface area contributed by atoms with Crippen molar-refractivity contribution in [2.24, 2.45) is 0 Å². The molecule has 3 aliphatic rings. The van der Waals surface area contributed by atoms with Gasteiger partial charge in [0.15, 0.2) is 17.9 Å². The van der Waals surface area contributed by atoms with Gasteiger partial charge < -0.3 is 0 Å². The molecule has 3 aromatic carbocycles. The summed E-state index contributed by atoms with van der Waals surface area (Å²) in [5.74, 6) is -0.480. The fourth-order valence-electron chi connectivity index (χ4n) is 6.22. The van der Waals surface area contributed by atoms with Crippen molar-refractivity contribution >= 4 is 0 Å². The van der Waals surface area contributed by atoms with Crippen LogP contribution in [0.15, 0.2) is 97.2 Å². The predicted octanol–water partition coefficient (Wildman–Crippen LogP) is 7.44. The molecule has 2 bridgehead atoms. The van der Waals surface area contributed by atoms with Crippen LogP contribution >= 0.6 is 0 Å². The molecule has 36 heavy (non-hydrogen) atoms. The number of hydrogen-bond acceptors (Lipinski definition) is 0. The molecule has 0 amide bonds. The van der Waals surface area contributed by atoms with Gasteiger partial charge >= 0.3 is 12.4 Å². The van der Waals surface area contributed by atoms with Crippen LogP contribution in [0, 0.1) is 0 Å². The lowest BCUT2D eigenvalue weighted by molar-refractivity contribution is -0.732. The second kappa shape index (κ2) is 7.69. The second-order valence-electron chi connectivity index (χ2n) is 9.44. The Morgan fingerprint density at radius 2 is 1.19 bits per heavy atom. The highest BCUT2D eigenvalue weighted by Crippen LogP contribution is 2.60. The summed E-state index contributed by atoms with van der Waals surface area (Å²) in [5.41, 5.74) is 0.775. The van der Waals surface area contributed by atoms with Crippen molar-refractivity contribution in [2.45, 2.75) is 36.1 Å². The van der Waals surface area contributed by atoms with E-state index in [0.717, 1.165) is 41.1 Å². The largest absolute Gasteiger partial charge is 0.416 e. The number of halogens is 6. The Morgan fingerprint density at radius 3 is 1.78 bits per heavy atom. The van der Waals surface area contributed by atoms with E-state index < -0.39 is 34.8 Å². The van der Waals surface area contributed by atoms with E-state index in [1.54, 1.807) is 12.1 Å². The van der Waals surface area contributed by atoms with Gasteiger partial charge in [-0.3, -0.25) is 0 Å².